The van der Waals surface area contributed by atoms with Crippen LogP contribution in [0.3, 0.4) is 0 Å². The number of anilines is 1. The van der Waals surface area contributed by atoms with Crippen LogP contribution in [-0.2, 0) is 21.5 Å². The highest BCUT2D eigenvalue weighted by Gasteiger charge is 2.31. The number of nitrogens with one attached hydrogen (secondary N) is 1. The molecule has 0 radical (unpaired) electrons. The SMILES string of the molecule is CC(C)(CN1CCOCC1)c1ccc(N2CC(CNC(=O)c3cccc(CN)c3)CC2=O)cc1. The van der Waals surface area contributed by atoms with Gasteiger partial charge in [0.2, 0.25) is 5.91 Å². The molecule has 0 aliphatic carbocycles. The van der Waals surface area contributed by atoms with E-state index in [-0.39, 0.29) is 23.1 Å². The number of morpholine rings is 1. The van der Waals surface area contributed by atoms with Crippen molar-refractivity contribution in [3.63, 3.8) is 0 Å². The Morgan fingerprint density at radius 3 is 2.59 bits per heavy atom. The first-order valence-electron chi connectivity index (χ1n) is 12.1. The fourth-order valence-corrected chi connectivity index (χ4v) is 4.85. The molecule has 2 aliphatic rings. The minimum absolute atomic E-state index is 0.0128. The number of nitrogens with zero attached hydrogens (tertiary/aromatic N) is 2. The van der Waals surface area contributed by atoms with Crippen LogP contribution in [0.4, 0.5) is 5.69 Å². The van der Waals surface area contributed by atoms with Crippen LogP contribution >= 0.6 is 0 Å². The molecule has 182 valence electrons. The van der Waals surface area contributed by atoms with Gasteiger partial charge in [0.1, 0.15) is 0 Å². The number of rotatable bonds is 8. The van der Waals surface area contributed by atoms with Gasteiger partial charge in [-0.05, 0) is 35.4 Å². The smallest absolute Gasteiger partial charge is 0.251 e. The Morgan fingerprint density at radius 2 is 1.88 bits per heavy atom. The van der Waals surface area contributed by atoms with E-state index in [1.54, 1.807) is 6.07 Å². The van der Waals surface area contributed by atoms with Crippen LogP contribution in [0.5, 0.6) is 0 Å². The van der Waals surface area contributed by atoms with Crippen molar-refractivity contribution in [2.75, 3.05) is 50.8 Å². The van der Waals surface area contributed by atoms with Crippen LogP contribution < -0.4 is 16.0 Å². The minimum Gasteiger partial charge on any atom is -0.379 e. The van der Waals surface area contributed by atoms with Gasteiger partial charge in [-0.15, -0.1) is 0 Å². The number of amides is 2. The van der Waals surface area contributed by atoms with Crippen LogP contribution in [0.1, 0.15) is 41.8 Å². The van der Waals surface area contributed by atoms with E-state index in [0.29, 0.717) is 31.6 Å². The van der Waals surface area contributed by atoms with Gasteiger partial charge in [-0.3, -0.25) is 14.5 Å². The lowest BCUT2D eigenvalue weighted by Gasteiger charge is -2.35. The van der Waals surface area contributed by atoms with E-state index >= 15 is 0 Å². The summed E-state index contributed by atoms with van der Waals surface area (Å²) in [5.41, 5.74) is 9.38. The minimum atomic E-state index is -0.131. The molecule has 2 saturated heterocycles. The van der Waals surface area contributed by atoms with Gasteiger partial charge >= 0.3 is 0 Å². The van der Waals surface area contributed by atoms with Crippen molar-refractivity contribution in [1.82, 2.24) is 10.2 Å². The summed E-state index contributed by atoms with van der Waals surface area (Å²) in [6.45, 7) is 10.5. The van der Waals surface area contributed by atoms with Crippen LogP contribution in [-0.4, -0.2) is 62.7 Å². The predicted molar refractivity (Wildman–Crippen MR) is 134 cm³/mol. The highest BCUT2D eigenvalue weighted by molar-refractivity contribution is 5.96. The predicted octanol–water partition coefficient (Wildman–Crippen LogP) is 2.54. The second-order valence-corrected chi connectivity index (χ2v) is 10.0. The molecule has 0 spiro atoms. The molecule has 2 heterocycles. The Kier molecular flexibility index (Phi) is 7.66. The largest absolute Gasteiger partial charge is 0.379 e. The summed E-state index contributed by atoms with van der Waals surface area (Å²) < 4.78 is 5.47. The lowest BCUT2D eigenvalue weighted by atomic mass is 9.84. The van der Waals surface area contributed by atoms with E-state index in [1.807, 2.05) is 35.2 Å². The fraction of sp³-hybridized carbons (Fsp3) is 0.481. The van der Waals surface area contributed by atoms with Gasteiger partial charge < -0.3 is 20.7 Å². The summed E-state index contributed by atoms with van der Waals surface area (Å²) in [6.07, 6.45) is 0.438. The number of benzene rings is 2. The molecular formula is C27H36N4O3. The molecule has 2 aromatic carbocycles. The van der Waals surface area contributed by atoms with E-state index in [9.17, 15) is 9.59 Å². The molecule has 7 heteroatoms. The molecule has 2 aromatic rings. The Balaban J connectivity index is 1.33. The quantitative estimate of drug-likeness (QED) is 0.627. The van der Waals surface area contributed by atoms with Gasteiger partial charge in [-0.25, -0.2) is 0 Å². The summed E-state index contributed by atoms with van der Waals surface area (Å²) >= 11 is 0. The lowest BCUT2D eigenvalue weighted by Crippen LogP contribution is -2.43. The first-order chi connectivity index (χ1) is 16.4. The maximum absolute atomic E-state index is 12.7. The van der Waals surface area contributed by atoms with Gasteiger partial charge in [0.05, 0.1) is 13.2 Å². The van der Waals surface area contributed by atoms with Gasteiger partial charge in [0.25, 0.3) is 5.91 Å². The van der Waals surface area contributed by atoms with Crippen molar-refractivity contribution in [3.8, 4) is 0 Å². The number of carbonyl (C=O) groups excluding carboxylic acids is 2. The lowest BCUT2D eigenvalue weighted by molar-refractivity contribution is -0.117. The molecule has 0 aromatic heterocycles. The highest BCUT2D eigenvalue weighted by atomic mass is 16.5. The Bertz CT molecular complexity index is 999. The molecule has 0 bridgehead atoms. The third-order valence-electron chi connectivity index (χ3n) is 6.86. The van der Waals surface area contributed by atoms with E-state index < -0.39 is 0 Å². The number of nitrogens with two attached hydrogens (primary N) is 1. The van der Waals surface area contributed by atoms with Crippen LogP contribution in [0.2, 0.25) is 0 Å². The van der Waals surface area contributed by atoms with E-state index in [4.69, 9.17) is 10.5 Å². The Morgan fingerprint density at radius 1 is 1.15 bits per heavy atom. The Labute approximate surface area is 202 Å². The normalized spacial score (nSPS) is 19.4. The number of hydrogen-bond donors (Lipinski definition) is 2. The van der Waals surface area contributed by atoms with Gasteiger partial charge in [-0.1, -0.05) is 38.1 Å². The molecular weight excluding hydrogens is 428 g/mol. The molecule has 2 amide bonds. The highest BCUT2D eigenvalue weighted by Crippen LogP contribution is 2.30. The van der Waals surface area contributed by atoms with Crippen LogP contribution in [0.15, 0.2) is 48.5 Å². The third-order valence-corrected chi connectivity index (χ3v) is 6.86. The summed E-state index contributed by atoms with van der Waals surface area (Å²) in [5, 5.41) is 2.98. The number of carbonyl (C=O) groups is 2. The average Bonchev–Trinajstić information content (AvgIpc) is 3.23. The van der Waals surface area contributed by atoms with Crippen molar-refractivity contribution in [2.45, 2.75) is 32.2 Å². The molecule has 4 rings (SSSR count). The molecule has 2 aliphatic heterocycles. The zero-order chi connectivity index (χ0) is 24.1. The topological polar surface area (TPSA) is 87.9 Å². The number of ether oxygens (including phenoxy) is 1. The first-order valence-corrected chi connectivity index (χ1v) is 12.1. The van der Waals surface area contributed by atoms with E-state index in [2.05, 4.69) is 36.2 Å². The zero-order valence-electron chi connectivity index (χ0n) is 20.3. The molecule has 7 nitrogen and oxygen atoms in total. The van der Waals surface area contributed by atoms with E-state index in [1.165, 1.54) is 5.56 Å². The summed E-state index contributed by atoms with van der Waals surface area (Å²) in [4.78, 5) is 29.5. The Hall–Kier alpha value is -2.74. The zero-order valence-corrected chi connectivity index (χ0v) is 20.3. The van der Waals surface area contributed by atoms with Crippen LogP contribution in [0.25, 0.3) is 0 Å². The summed E-state index contributed by atoms with van der Waals surface area (Å²) in [7, 11) is 0. The maximum Gasteiger partial charge on any atom is 0.251 e. The molecule has 0 saturated carbocycles. The average molecular weight is 465 g/mol. The van der Waals surface area contributed by atoms with E-state index in [0.717, 1.165) is 44.1 Å². The van der Waals surface area contributed by atoms with Crippen molar-refractivity contribution in [2.24, 2.45) is 11.7 Å². The van der Waals surface area contributed by atoms with Gasteiger partial charge in [0.15, 0.2) is 0 Å². The second-order valence-electron chi connectivity index (χ2n) is 10.0. The molecule has 34 heavy (non-hydrogen) atoms. The summed E-state index contributed by atoms with van der Waals surface area (Å²) in [5.74, 6) is 0.0596. The van der Waals surface area contributed by atoms with Crippen LogP contribution in [0, 0.1) is 5.92 Å². The number of hydrogen-bond acceptors (Lipinski definition) is 5. The van der Waals surface area contributed by atoms with Crippen molar-refractivity contribution >= 4 is 17.5 Å². The molecule has 1 atom stereocenters. The fourth-order valence-electron chi connectivity index (χ4n) is 4.85. The summed E-state index contributed by atoms with van der Waals surface area (Å²) in [6, 6.07) is 15.7. The van der Waals surface area contributed by atoms with Gasteiger partial charge in [0, 0.05) is 68.3 Å². The van der Waals surface area contributed by atoms with Crippen molar-refractivity contribution in [1.29, 1.82) is 0 Å². The van der Waals surface area contributed by atoms with Crippen molar-refractivity contribution in [3.05, 3.63) is 65.2 Å². The first kappa shape index (κ1) is 24.4. The standard InChI is InChI=1S/C27H36N4O3/c1-27(2,19-30-10-12-34-13-11-30)23-6-8-24(9-7-23)31-18-21(15-25(31)32)17-29-26(33)22-5-3-4-20(14-22)16-28/h3-9,14,21H,10-13,15-19,28H2,1-2H3,(H,29,33). The monoisotopic (exact) mass is 464 g/mol. The van der Waals surface area contributed by atoms with Crippen molar-refractivity contribution < 1.29 is 14.3 Å². The maximum atomic E-state index is 12.7. The van der Waals surface area contributed by atoms with Gasteiger partial charge in [-0.2, -0.15) is 0 Å². The third kappa shape index (κ3) is 5.84. The molecule has 2 fully saturated rings. The molecule has 1 unspecified atom stereocenters. The molecule has 3 N–H and O–H groups in total. The second kappa shape index (κ2) is 10.7.